The predicted molar refractivity (Wildman–Crippen MR) is 57.3 cm³/mol. The van der Waals surface area contributed by atoms with Crippen LogP contribution in [0.15, 0.2) is 0 Å². The molecular weight excluding hydrogens is 242 g/mol. The maximum atomic E-state index is 10.8. The van der Waals surface area contributed by atoms with Crippen LogP contribution in [-0.2, 0) is 4.79 Å². The maximum absolute atomic E-state index is 10.8. The normalized spacial score (nSPS) is 16.1. The molecule has 0 saturated heterocycles. The summed E-state index contributed by atoms with van der Waals surface area (Å²) in [4.78, 5) is 10.8. The largest absolute Gasteiger partial charge is 0.395 e. The molecule has 7 nitrogen and oxygen atoms in total. The summed E-state index contributed by atoms with van der Waals surface area (Å²) in [6.07, 6.45) is -4.81. The maximum Gasteiger partial charge on any atom is 0.189 e. The predicted octanol–water partition coefficient (Wildman–Crippen LogP) is -3.37. The number of nitrogens with one attached hydrogen (secondary N) is 1. The third kappa shape index (κ3) is 6.33. The van der Waals surface area contributed by atoms with Crippen LogP contribution in [0.4, 0.5) is 0 Å². The van der Waals surface area contributed by atoms with E-state index in [0.29, 0.717) is 0 Å². The number of rotatable bonds is 8. The van der Waals surface area contributed by atoms with Gasteiger partial charge in [0.05, 0.1) is 12.7 Å². The number of aliphatic hydroxyl groups excluding tert-OH is 5. The Balaban J connectivity index is 0. The second kappa shape index (κ2) is 9.91. The Labute approximate surface area is 99.1 Å². The van der Waals surface area contributed by atoms with E-state index in [4.69, 9.17) is 15.3 Å². The molecule has 0 aliphatic rings. The van der Waals surface area contributed by atoms with Crippen molar-refractivity contribution in [1.29, 1.82) is 0 Å². The van der Waals surface area contributed by atoms with Gasteiger partial charge < -0.3 is 30.8 Å². The number of carbonyl (C=O) groups is 1. The molecule has 0 rings (SSSR count). The van der Waals surface area contributed by atoms with Gasteiger partial charge in [0.25, 0.3) is 0 Å². The first-order valence-corrected chi connectivity index (χ1v) is 4.54. The summed E-state index contributed by atoms with van der Waals surface area (Å²) in [5.41, 5.74) is 0. The van der Waals surface area contributed by atoms with Crippen LogP contribution in [0.3, 0.4) is 0 Å². The van der Waals surface area contributed by atoms with E-state index in [-0.39, 0.29) is 32.1 Å². The summed E-state index contributed by atoms with van der Waals surface area (Å²) >= 11 is 0. The lowest BCUT2D eigenvalue weighted by atomic mass is 10.0. The number of aliphatic hydroxyl groups is 5. The van der Waals surface area contributed by atoms with Gasteiger partial charge in [-0.2, -0.15) is 0 Å². The van der Waals surface area contributed by atoms with Crippen LogP contribution in [0, 0.1) is 0 Å². The van der Waals surface area contributed by atoms with E-state index in [1.165, 1.54) is 0 Å². The van der Waals surface area contributed by atoms with Gasteiger partial charge >= 0.3 is 0 Å². The first-order valence-electron chi connectivity index (χ1n) is 4.54. The fourth-order valence-corrected chi connectivity index (χ4v) is 0.944. The third-order valence-corrected chi connectivity index (χ3v) is 1.85. The molecule has 3 atom stereocenters. The highest BCUT2D eigenvalue weighted by Gasteiger charge is 2.29. The van der Waals surface area contributed by atoms with Gasteiger partial charge in [-0.3, -0.25) is 4.79 Å². The molecule has 0 unspecified atom stereocenters. The van der Waals surface area contributed by atoms with E-state index >= 15 is 0 Å². The molecule has 6 N–H and O–H groups in total. The van der Waals surface area contributed by atoms with Crippen molar-refractivity contribution < 1.29 is 30.3 Å². The molecule has 0 amide bonds. The van der Waals surface area contributed by atoms with E-state index < -0.39 is 30.7 Å². The van der Waals surface area contributed by atoms with E-state index in [0.717, 1.165) is 0 Å². The van der Waals surface area contributed by atoms with Crippen LogP contribution >= 0.6 is 12.4 Å². The van der Waals surface area contributed by atoms with Crippen molar-refractivity contribution in [1.82, 2.24) is 5.32 Å². The Kier molecular flexibility index (Phi) is 11.2. The van der Waals surface area contributed by atoms with Crippen LogP contribution in [-0.4, -0.2) is 75.9 Å². The molecule has 8 heteroatoms. The zero-order valence-electron chi connectivity index (χ0n) is 8.61. The topological polar surface area (TPSA) is 130 Å². The second-order valence-corrected chi connectivity index (χ2v) is 3.05. The van der Waals surface area contributed by atoms with E-state index in [1.807, 2.05) is 0 Å². The average Bonchev–Trinajstić information content (AvgIpc) is 2.26. The zero-order chi connectivity index (χ0) is 11.8. The van der Waals surface area contributed by atoms with Crippen molar-refractivity contribution in [3.8, 4) is 0 Å². The lowest BCUT2D eigenvalue weighted by Gasteiger charge is -2.21. The molecular formula is C8H18ClNO6. The van der Waals surface area contributed by atoms with Gasteiger partial charge in [0.1, 0.15) is 18.8 Å². The molecule has 98 valence electrons. The number of carbonyl (C=O) groups excluding carboxylic acids is 1. The summed E-state index contributed by atoms with van der Waals surface area (Å²) in [6.45, 7) is -0.860. The van der Waals surface area contributed by atoms with Gasteiger partial charge in [-0.15, -0.1) is 12.4 Å². The standard InChI is InChI=1S/C8H17NO6.ClH/c10-2-1-9-3-5(12)7(14)8(15)6(13)4-11;/h5,7-12,14-15H,1-4H2;1H/t5-,7+,8+;/m0./s1. The number of hydrogen-bond donors (Lipinski definition) is 6. The van der Waals surface area contributed by atoms with E-state index in [1.54, 1.807) is 0 Å². The lowest BCUT2D eigenvalue weighted by molar-refractivity contribution is -0.141. The van der Waals surface area contributed by atoms with Crippen molar-refractivity contribution in [2.75, 3.05) is 26.3 Å². The summed E-state index contributed by atoms with van der Waals surface area (Å²) in [5.74, 6) is -0.955. The van der Waals surface area contributed by atoms with Gasteiger partial charge in [0.2, 0.25) is 0 Å². The molecule has 0 bridgehead atoms. The number of halogens is 1. The quantitative estimate of drug-likeness (QED) is 0.251. The molecule has 0 radical (unpaired) electrons. The monoisotopic (exact) mass is 259 g/mol. The minimum absolute atomic E-state index is 0. The first-order chi connectivity index (χ1) is 7.04. The van der Waals surface area contributed by atoms with Crippen molar-refractivity contribution in [2.24, 2.45) is 0 Å². The summed E-state index contributed by atoms with van der Waals surface area (Å²) in [5, 5.41) is 47.0. The molecule has 0 aliphatic heterocycles. The van der Waals surface area contributed by atoms with Gasteiger partial charge in [-0.25, -0.2) is 0 Å². The van der Waals surface area contributed by atoms with Gasteiger partial charge in [0.15, 0.2) is 5.78 Å². The highest BCUT2D eigenvalue weighted by Crippen LogP contribution is 2.00. The zero-order valence-corrected chi connectivity index (χ0v) is 9.43. The Bertz CT molecular complexity index is 193. The van der Waals surface area contributed by atoms with E-state index in [2.05, 4.69) is 5.32 Å². The van der Waals surface area contributed by atoms with Gasteiger partial charge in [0, 0.05) is 13.1 Å². The van der Waals surface area contributed by atoms with Crippen LogP contribution in [0.2, 0.25) is 0 Å². The minimum Gasteiger partial charge on any atom is -0.395 e. The highest BCUT2D eigenvalue weighted by atomic mass is 35.5. The van der Waals surface area contributed by atoms with Crippen molar-refractivity contribution in [3.63, 3.8) is 0 Å². The highest BCUT2D eigenvalue weighted by molar-refractivity contribution is 5.85. The van der Waals surface area contributed by atoms with E-state index in [9.17, 15) is 15.0 Å². The molecule has 16 heavy (non-hydrogen) atoms. The smallest absolute Gasteiger partial charge is 0.189 e. The van der Waals surface area contributed by atoms with Gasteiger partial charge in [-0.1, -0.05) is 0 Å². The fraction of sp³-hybridized carbons (Fsp3) is 0.875. The molecule has 0 saturated carbocycles. The lowest BCUT2D eigenvalue weighted by Crippen LogP contribution is -2.47. The first kappa shape index (κ1) is 18.1. The Morgan fingerprint density at radius 2 is 1.75 bits per heavy atom. The molecule has 0 fully saturated rings. The van der Waals surface area contributed by atoms with Gasteiger partial charge in [-0.05, 0) is 0 Å². The Hall–Kier alpha value is -0.280. The van der Waals surface area contributed by atoms with Crippen LogP contribution in [0.1, 0.15) is 0 Å². The molecule has 0 aromatic rings. The molecule has 0 aromatic heterocycles. The van der Waals surface area contributed by atoms with Crippen LogP contribution in [0.25, 0.3) is 0 Å². The molecule has 0 aromatic carbocycles. The van der Waals surface area contributed by atoms with Crippen molar-refractivity contribution in [2.45, 2.75) is 18.3 Å². The number of Topliss-reactive ketones (excluding diaryl/α,β-unsaturated/α-hetero) is 1. The number of hydrogen-bond acceptors (Lipinski definition) is 7. The SMILES string of the molecule is Cl.O=C(CO)[C@@H](O)[C@H](O)[C@@H](O)CNCCO. The molecule has 0 aliphatic carbocycles. The summed E-state index contributed by atoms with van der Waals surface area (Å²) in [7, 11) is 0. The fourth-order valence-electron chi connectivity index (χ4n) is 0.944. The number of ketones is 1. The van der Waals surface area contributed by atoms with Crippen LogP contribution in [0.5, 0.6) is 0 Å². The van der Waals surface area contributed by atoms with Crippen molar-refractivity contribution in [3.05, 3.63) is 0 Å². The summed E-state index contributed by atoms with van der Waals surface area (Å²) < 4.78 is 0. The minimum atomic E-state index is -1.80. The molecule has 0 heterocycles. The average molecular weight is 260 g/mol. The van der Waals surface area contributed by atoms with Crippen molar-refractivity contribution >= 4 is 18.2 Å². The molecule has 0 spiro atoms. The Morgan fingerprint density at radius 3 is 2.19 bits per heavy atom. The van der Waals surface area contributed by atoms with Crippen LogP contribution < -0.4 is 5.32 Å². The Morgan fingerprint density at radius 1 is 1.19 bits per heavy atom. The second-order valence-electron chi connectivity index (χ2n) is 3.05. The summed E-state index contributed by atoms with van der Waals surface area (Å²) in [6, 6.07) is 0. The third-order valence-electron chi connectivity index (χ3n) is 1.85.